The lowest BCUT2D eigenvalue weighted by Crippen LogP contribution is -2.34. The number of nitrogens with two attached hydrogens (primary N) is 1. The molecule has 0 saturated heterocycles. The molecule has 2 heteroatoms. The van der Waals surface area contributed by atoms with Gasteiger partial charge in [0.25, 0.3) is 0 Å². The molecule has 2 unspecified atom stereocenters. The van der Waals surface area contributed by atoms with E-state index >= 15 is 0 Å². The van der Waals surface area contributed by atoms with Crippen LogP contribution in [0.5, 0.6) is 0 Å². The predicted octanol–water partition coefficient (Wildman–Crippen LogP) is 6.43. The summed E-state index contributed by atoms with van der Waals surface area (Å²) in [7, 11) is 0. The van der Waals surface area contributed by atoms with E-state index in [9.17, 15) is 0 Å². The average molecular weight is 333 g/mol. The summed E-state index contributed by atoms with van der Waals surface area (Å²) in [6.45, 7) is 13.8. The molecule has 2 N–H and O–H groups in total. The van der Waals surface area contributed by atoms with Crippen LogP contribution in [0.25, 0.3) is 0 Å². The molecule has 24 heavy (non-hydrogen) atoms. The van der Waals surface area contributed by atoms with Crippen molar-refractivity contribution in [2.75, 3.05) is 23.7 Å². The minimum Gasteiger partial charge on any atom is -0.399 e. The lowest BCUT2D eigenvalue weighted by Gasteiger charge is -2.33. The van der Waals surface area contributed by atoms with Gasteiger partial charge >= 0.3 is 0 Å². The van der Waals surface area contributed by atoms with Gasteiger partial charge in [-0.3, -0.25) is 0 Å². The first kappa shape index (κ1) is 20.9. The highest BCUT2D eigenvalue weighted by molar-refractivity contribution is 5.58. The van der Waals surface area contributed by atoms with E-state index in [4.69, 9.17) is 5.73 Å². The third-order valence-corrected chi connectivity index (χ3v) is 5.39. The first-order valence-electron chi connectivity index (χ1n) is 10.2. The first-order chi connectivity index (χ1) is 11.5. The van der Waals surface area contributed by atoms with Crippen molar-refractivity contribution in [3.05, 3.63) is 23.8 Å². The maximum atomic E-state index is 6.04. The van der Waals surface area contributed by atoms with Gasteiger partial charge < -0.3 is 10.6 Å². The second-order valence-electron chi connectivity index (χ2n) is 7.43. The normalized spacial score (nSPS) is 13.7. The largest absolute Gasteiger partial charge is 0.399 e. The van der Waals surface area contributed by atoms with Crippen LogP contribution in [0.3, 0.4) is 0 Å². The van der Waals surface area contributed by atoms with Gasteiger partial charge in [-0.1, -0.05) is 59.8 Å². The fraction of sp³-hybridized carbons (Fsp3) is 0.727. The Morgan fingerprint density at radius 3 is 2.04 bits per heavy atom. The molecule has 0 aliphatic rings. The zero-order valence-electron chi connectivity index (χ0n) is 16.8. The van der Waals surface area contributed by atoms with E-state index in [1.54, 1.807) is 0 Å². The SMILES string of the molecule is CCCCC(CC)CN(CC(CC)CCC)c1ccc(N)c(C)c1. The Balaban J connectivity index is 2.94. The fourth-order valence-corrected chi connectivity index (χ4v) is 3.52. The molecule has 0 radical (unpaired) electrons. The van der Waals surface area contributed by atoms with E-state index < -0.39 is 0 Å². The summed E-state index contributed by atoms with van der Waals surface area (Å²) in [5, 5.41) is 0. The maximum Gasteiger partial charge on any atom is 0.0370 e. The number of hydrogen-bond donors (Lipinski definition) is 1. The van der Waals surface area contributed by atoms with Crippen LogP contribution in [-0.2, 0) is 0 Å². The zero-order chi connectivity index (χ0) is 17.9. The molecule has 138 valence electrons. The van der Waals surface area contributed by atoms with Gasteiger partial charge in [0.05, 0.1) is 0 Å². The van der Waals surface area contributed by atoms with Gasteiger partial charge in [0.1, 0.15) is 0 Å². The molecule has 0 spiro atoms. The Morgan fingerprint density at radius 2 is 1.54 bits per heavy atom. The maximum absolute atomic E-state index is 6.04. The van der Waals surface area contributed by atoms with Crippen LogP contribution in [0.4, 0.5) is 11.4 Å². The molecular weight excluding hydrogens is 292 g/mol. The van der Waals surface area contributed by atoms with Gasteiger partial charge in [-0.25, -0.2) is 0 Å². The van der Waals surface area contributed by atoms with Crippen LogP contribution in [-0.4, -0.2) is 13.1 Å². The molecule has 2 atom stereocenters. The van der Waals surface area contributed by atoms with Gasteiger partial charge in [-0.2, -0.15) is 0 Å². The predicted molar refractivity (Wildman–Crippen MR) is 110 cm³/mol. The summed E-state index contributed by atoms with van der Waals surface area (Å²) in [6, 6.07) is 6.57. The van der Waals surface area contributed by atoms with Gasteiger partial charge in [0.2, 0.25) is 0 Å². The summed E-state index contributed by atoms with van der Waals surface area (Å²) in [6.07, 6.45) is 9.14. The number of anilines is 2. The van der Waals surface area contributed by atoms with Crippen molar-refractivity contribution in [2.45, 2.75) is 79.6 Å². The summed E-state index contributed by atoms with van der Waals surface area (Å²) >= 11 is 0. The lowest BCUT2D eigenvalue weighted by atomic mass is 9.95. The molecule has 0 bridgehead atoms. The second-order valence-corrected chi connectivity index (χ2v) is 7.43. The number of nitrogen functional groups attached to an aromatic ring is 1. The Morgan fingerprint density at radius 1 is 0.917 bits per heavy atom. The van der Waals surface area contributed by atoms with Crippen molar-refractivity contribution in [3.8, 4) is 0 Å². The second kappa shape index (κ2) is 11.4. The van der Waals surface area contributed by atoms with Crippen molar-refractivity contribution in [1.82, 2.24) is 0 Å². The fourth-order valence-electron chi connectivity index (χ4n) is 3.52. The van der Waals surface area contributed by atoms with Crippen molar-refractivity contribution < 1.29 is 0 Å². The van der Waals surface area contributed by atoms with Crippen LogP contribution in [0.2, 0.25) is 0 Å². The Bertz CT molecular complexity index is 455. The van der Waals surface area contributed by atoms with Crippen LogP contribution >= 0.6 is 0 Å². The van der Waals surface area contributed by atoms with E-state index in [1.165, 1.54) is 69.3 Å². The van der Waals surface area contributed by atoms with Gasteiger partial charge in [-0.05, 0) is 55.4 Å². The highest BCUT2D eigenvalue weighted by Gasteiger charge is 2.17. The van der Waals surface area contributed by atoms with Crippen LogP contribution in [0, 0.1) is 18.8 Å². The molecular formula is C22H40N2. The van der Waals surface area contributed by atoms with Crippen molar-refractivity contribution in [1.29, 1.82) is 0 Å². The molecule has 0 saturated carbocycles. The summed E-state index contributed by atoms with van der Waals surface area (Å²) in [5.74, 6) is 1.58. The van der Waals surface area contributed by atoms with E-state index in [1.807, 2.05) is 0 Å². The first-order valence-corrected chi connectivity index (χ1v) is 10.2. The number of unbranched alkanes of at least 4 members (excludes halogenated alkanes) is 1. The number of rotatable bonds is 12. The standard InChI is InChI=1S/C22H40N2/c1-6-10-12-20(9-4)17-24(16-19(8-3)11-7-2)21-13-14-22(23)18(5)15-21/h13-15,19-20H,6-12,16-17,23H2,1-5H3. The molecule has 0 aliphatic heterocycles. The highest BCUT2D eigenvalue weighted by atomic mass is 15.1. The lowest BCUT2D eigenvalue weighted by molar-refractivity contribution is 0.408. The molecule has 2 nitrogen and oxygen atoms in total. The minimum atomic E-state index is 0.788. The van der Waals surface area contributed by atoms with Gasteiger partial charge in [-0.15, -0.1) is 0 Å². The van der Waals surface area contributed by atoms with E-state index in [2.05, 4.69) is 57.7 Å². The number of aryl methyl sites for hydroxylation is 1. The van der Waals surface area contributed by atoms with E-state index in [-0.39, 0.29) is 0 Å². The van der Waals surface area contributed by atoms with Gasteiger partial charge in [0.15, 0.2) is 0 Å². The molecule has 1 aromatic carbocycles. The van der Waals surface area contributed by atoms with Crippen LogP contribution in [0.15, 0.2) is 18.2 Å². The van der Waals surface area contributed by atoms with Crippen molar-refractivity contribution in [2.24, 2.45) is 11.8 Å². The number of benzene rings is 1. The quantitative estimate of drug-likeness (QED) is 0.447. The smallest absolute Gasteiger partial charge is 0.0370 e. The highest BCUT2D eigenvalue weighted by Crippen LogP contribution is 2.26. The Labute approximate surface area is 150 Å². The molecule has 0 amide bonds. The summed E-state index contributed by atoms with van der Waals surface area (Å²) < 4.78 is 0. The van der Waals surface area contributed by atoms with Crippen molar-refractivity contribution in [3.63, 3.8) is 0 Å². The molecule has 0 aromatic heterocycles. The van der Waals surface area contributed by atoms with Gasteiger partial charge in [0, 0.05) is 24.5 Å². The third-order valence-electron chi connectivity index (χ3n) is 5.39. The van der Waals surface area contributed by atoms with Crippen molar-refractivity contribution >= 4 is 11.4 Å². The number of nitrogens with zero attached hydrogens (tertiary/aromatic N) is 1. The van der Waals surface area contributed by atoms with E-state index in [0.29, 0.717) is 0 Å². The minimum absolute atomic E-state index is 0.788. The Hall–Kier alpha value is -1.18. The molecule has 1 aromatic rings. The average Bonchev–Trinajstić information content (AvgIpc) is 2.59. The Kier molecular flexibility index (Phi) is 9.90. The molecule has 1 rings (SSSR count). The topological polar surface area (TPSA) is 29.3 Å². The number of hydrogen-bond acceptors (Lipinski definition) is 2. The third kappa shape index (κ3) is 6.75. The summed E-state index contributed by atoms with van der Waals surface area (Å²) in [4.78, 5) is 2.64. The van der Waals surface area contributed by atoms with E-state index in [0.717, 1.165) is 17.5 Å². The van der Waals surface area contributed by atoms with Crippen LogP contribution < -0.4 is 10.6 Å². The molecule has 0 fully saturated rings. The molecule has 0 aliphatic carbocycles. The zero-order valence-corrected chi connectivity index (χ0v) is 16.8. The van der Waals surface area contributed by atoms with Crippen LogP contribution in [0.1, 0.15) is 78.2 Å². The molecule has 0 heterocycles. The summed E-state index contributed by atoms with van der Waals surface area (Å²) in [5.41, 5.74) is 9.49. The monoisotopic (exact) mass is 332 g/mol.